The largest absolute Gasteiger partial charge is 0.242 e. The Kier molecular flexibility index (Phi) is 5.79. The zero-order chi connectivity index (χ0) is 12.2. The summed E-state index contributed by atoms with van der Waals surface area (Å²) in [7, 11) is -3.56. The fraction of sp³-hybridized carbons (Fsp3) is 0.333. The molecule has 1 rings (SSSR count). The summed E-state index contributed by atoms with van der Waals surface area (Å²) in [4.78, 5) is 0.0233. The van der Waals surface area contributed by atoms with Crippen molar-refractivity contribution in [2.75, 3.05) is 11.0 Å². The van der Waals surface area contributed by atoms with Crippen molar-refractivity contribution in [3.8, 4) is 0 Å². The quantitative estimate of drug-likeness (QED) is 0.474. The van der Waals surface area contributed by atoms with Crippen LogP contribution in [0.15, 0.2) is 23.1 Å². The average molecular weight is 394 g/mol. The maximum atomic E-state index is 11.8. The van der Waals surface area contributed by atoms with E-state index < -0.39 is 10.0 Å². The van der Waals surface area contributed by atoms with Crippen LogP contribution in [0.25, 0.3) is 0 Å². The number of sulfonamides is 1. The Balaban J connectivity index is 2.93. The molecule has 1 aromatic rings. The zero-order valence-electron chi connectivity index (χ0n) is 8.21. The van der Waals surface area contributed by atoms with E-state index in [9.17, 15) is 8.42 Å². The van der Waals surface area contributed by atoms with Gasteiger partial charge >= 0.3 is 0 Å². The maximum Gasteiger partial charge on any atom is 0.242 e. The number of halogens is 3. The van der Waals surface area contributed by atoms with Gasteiger partial charge in [0.05, 0.1) is 5.02 Å². The van der Waals surface area contributed by atoms with Crippen molar-refractivity contribution in [1.82, 2.24) is 4.72 Å². The second-order valence-electron chi connectivity index (χ2n) is 3.02. The lowest BCUT2D eigenvalue weighted by Crippen LogP contribution is -2.25. The molecule has 0 aliphatic rings. The van der Waals surface area contributed by atoms with Gasteiger partial charge in [0.25, 0.3) is 0 Å². The summed E-state index contributed by atoms with van der Waals surface area (Å²) < 4.78 is 27.0. The van der Waals surface area contributed by atoms with Crippen molar-refractivity contribution in [1.29, 1.82) is 0 Å². The first-order valence-electron chi connectivity index (χ1n) is 4.48. The zero-order valence-corrected chi connectivity index (χ0v) is 12.7. The molecule has 0 bridgehead atoms. The smallest absolute Gasteiger partial charge is 0.211 e. The van der Waals surface area contributed by atoms with Gasteiger partial charge in [-0.3, -0.25) is 0 Å². The highest BCUT2D eigenvalue weighted by atomic mass is 127. The fourth-order valence-electron chi connectivity index (χ4n) is 1.03. The molecule has 0 heterocycles. The van der Waals surface area contributed by atoms with Crippen LogP contribution in [0.1, 0.15) is 6.42 Å². The number of hydrogen-bond donors (Lipinski definition) is 1. The monoisotopic (exact) mass is 393 g/mol. The lowest BCUT2D eigenvalue weighted by Gasteiger charge is -2.07. The first-order valence-corrected chi connectivity index (χ1v) is 8.24. The Morgan fingerprint density at radius 3 is 2.62 bits per heavy atom. The standard InChI is InChI=1S/C9H10Cl2INO2S/c10-7-2-3-8(11)9(6-7)16(14,15)13-5-1-4-12/h2-3,6,13H,1,4-5H2. The van der Waals surface area contributed by atoms with Crippen molar-refractivity contribution < 1.29 is 8.42 Å². The van der Waals surface area contributed by atoms with Gasteiger partial charge in [-0.1, -0.05) is 45.8 Å². The normalized spacial score (nSPS) is 11.7. The number of hydrogen-bond acceptors (Lipinski definition) is 2. The molecule has 90 valence electrons. The van der Waals surface area contributed by atoms with Crippen molar-refractivity contribution >= 4 is 55.8 Å². The van der Waals surface area contributed by atoms with Gasteiger partial charge in [-0.15, -0.1) is 0 Å². The summed E-state index contributed by atoms with van der Waals surface area (Å²) >= 11 is 13.7. The second kappa shape index (κ2) is 6.39. The number of benzene rings is 1. The molecule has 0 radical (unpaired) electrons. The third-order valence-electron chi connectivity index (χ3n) is 1.79. The molecule has 0 aliphatic carbocycles. The van der Waals surface area contributed by atoms with Gasteiger partial charge in [0.2, 0.25) is 10.0 Å². The molecule has 16 heavy (non-hydrogen) atoms. The predicted octanol–water partition coefficient (Wildman–Crippen LogP) is 3.10. The molecule has 0 saturated carbocycles. The molecule has 0 atom stereocenters. The van der Waals surface area contributed by atoms with E-state index in [0.717, 1.165) is 10.8 Å². The van der Waals surface area contributed by atoms with Crippen molar-refractivity contribution in [3.05, 3.63) is 28.2 Å². The van der Waals surface area contributed by atoms with Crippen molar-refractivity contribution in [2.45, 2.75) is 11.3 Å². The van der Waals surface area contributed by atoms with Crippen LogP contribution in [0.2, 0.25) is 10.0 Å². The highest BCUT2D eigenvalue weighted by molar-refractivity contribution is 14.1. The molecule has 0 aliphatic heterocycles. The second-order valence-corrected chi connectivity index (χ2v) is 6.67. The third kappa shape index (κ3) is 4.03. The van der Waals surface area contributed by atoms with Gasteiger partial charge in [-0.2, -0.15) is 0 Å². The van der Waals surface area contributed by atoms with Crippen LogP contribution in [-0.4, -0.2) is 19.4 Å². The van der Waals surface area contributed by atoms with E-state index >= 15 is 0 Å². The molecule has 0 amide bonds. The molecule has 0 aromatic heterocycles. The van der Waals surface area contributed by atoms with Crippen LogP contribution in [0.5, 0.6) is 0 Å². The molecule has 1 aromatic carbocycles. The summed E-state index contributed by atoms with van der Waals surface area (Å²) in [5, 5.41) is 0.519. The van der Waals surface area contributed by atoms with Crippen LogP contribution >= 0.6 is 45.8 Å². The topological polar surface area (TPSA) is 46.2 Å². The Morgan fingerprint density at radius 2 is 2.00 bits per heavy atom. The lowest BCUT2D eigenvalue weighted by atomic mass is 10.4. The number of rotatable bonds is 5. The first-order chi connectivity index (χ1) is 7.47. The average Bonchev–Trinajstić information content (AvgIpc) is 2.22. The van der Waals surface area contributed by atoms with E-state index in [1.54, 1.807) is 6.07 Å². The van der Waals surface area contributed by atoms with E-state index in [2.05, 4.69) is 27.3 Å². The van der Waals surface area contributed by atoms with E-state index in [-0.39, 0.29) is 9.92 Å². The predicted molar refractivity (Wildman–Crippen MR) is 75.2 cm³/mol. The molecular weight excluding hydrogens is 384 g/mol. The molecule has 0 saturated heterocycles. The summed E-state index contributed by atoms with van der Waals surface area (Å²) in [5.74, 6) is 0. The molecule has 1 N–H and O–H groups in total. The SMILES string of the molecule is O=S(=O)(NCCCI)c1cc(Cl)ccc1Cl. The van der Waals surface area contributed by atoms with Crippen molar-refractivity contribution in [3.63, 3.8) is 0 Å². The Labute approximate surface area is 119 Å². The van der Waals surface area contributed by atoms with Crippen LogP contribution in [-0.2, 0) is 10.0 Å². The summed E-state index contributed by atoms with van der Waals surface area (Å²) in [6, 6.07) is 4.36. The Morgan fingerprint density at radius 1 is 1.31 bits per heavy atom. The molecule has 0 unspecified atom stereocenters. The molecule has 0 spiro atoms. The number of alkyl halides is 1. The molecule has 0 fully saturated rings. The number of nitrogens with one attached hydrogen (secondary N) is 1. The Hall–Kier alpha value is 0.440. The van der Waals surface area contributed by atoms with Gasteiger partial charge in [-0.05, 0) is 24.6 Å². The van der Waals surface area contributed by atoms with Gasteiger partial charge in [0.1, 0.15) is 4.90 Å². The Bertz CT molecular complexity index is 465. The van der Waals surface area contributed by atoms with E-state index in [1.807, 2.05) is 0 Å². The highest BCUT2D eigenvalue weighted by Crippen LogP contribution is 2.24. The molecular formula is C9H10Cl2INO2S. The van der Waals surface area contributed by atoms with Crippen LogP contribution in [0.3, 0.4) is 0 Å². The minimum Gasteiger partial charge on any atom is -0.211 e. The van der Waals surface area contributed by atoms with Gasteiger partial charge in [0, 0.05) is 16.0 Å². The third-order valence-corrected chi connectivity index (χ3v) is 4.73. The van der Waals surface area contributed by atoms with Crippen LogP contribution < -0.4 is 4.72 Å². The lowest BCUT2D eigenvalue weighted by molar-refractivity contribution is 0.581. The fourth-order valence-corrected chi connectivity index (χ4v) is 3.25. The van der Waals surface area contributed by atoms with Gasteiger partial charge in [0.15, 0.2) is 0 Å². The van der Waals surface area contributed by atoms with Gasteiger partial charge < -0.3 is 0 Å². The summed E-state index contributed by atoms with van der Waals surface area (Å²) in [6.07, 6.45) is 0.776. The van der Waals surface area contributed by atoms with Crippen molar-refractivity contribution in [2.24, 2.45) is 0 Å². The minimum atomic E-state index is -3.56. The molecule has 3 nitrogen and oxygen atoms in total. The van der Waals surface area contributed by atoms with Crippen LogP contribution in [0.4, 0.5) is 0 Å². The van der Waals surface area contributed by atoms with Crippen LogP contribution in [0, 0.1) is 0 Å². The molecule has 7 heteroatoms. The maximum absolute atomic E-state index is 11.8. The van der Waals surface area contributed by atoms with E-state index in [1.165, 1.54) is 12.1 Å². The van der Waals surface area contributed by atoms with E-state index in [0.29, 0.717) is 11.6 Å². The van der Waals surface area contributed by atoms with Gasteiger partial charge in [-0.25, -0.2) is 13.1 Å². The van der Waals surface area contributed by atoms with E-state index in [4.69, 9.17) is 23.2 Å². The summed E-state index contributed by atoms with van der Waals surface area (Å²) in [6.45, 7) is 0.397. The summed E-state index contributed by atoms with van der Waals surface area (Å²) in [5.41, 5.74) is 0. The first kappa shape index (κ1) is 14.5. The minimum absolute atomic E-state index is 0.0233. The highest BCUT2D eigenvalue weighted by Gasteiger charge is 2.17.